The highest BCUT2D eigenvalue weighted by Crippen LogP contribution is 2.31. The Kier molecular flexibility index (Phi) is 7.15. The molecule has 0 bridgehead atoms. The molecule has 0 saturated carbocycles. The van der Waals surface area contributed by atoms with Crippen molar-refractivity contribution in [2.45, 2.75) is 26.3 Å². The molecule has 2 heterocycles. The maximum absolute atomic E-state index is 12.9. The van der Waals surface area contributed by atoms with E-state index in [2.05, 4.69) is 20.4 Å². The third-order valence-electron chi connectivity index (χ3n) is 5.79. The van der Waals surface area contributed by atoms with Gasteiger partial charge in [0.25, 0.3) is 0 Å². The number of anilines is 1. The van der Waals surface area contributed by atoms with Crippen LogP contribution >= 0.6 is 11.6 Å². The third kappa shape index (κ3) is 5.46. The van der Waals surface area contributed by atoms with Gasteiger partial charge in [0.05, 0.1) is 26.7 Å². The second-order valence-corrected chi connectivity index (χ2v) is 8.54. The molecule has 1 saturated heterocycles. The minimum Gasteiger partial charge on any atom is -0.493 e. The van der Waals surface area contributed by atoms with E-state index in [0.717, 1.165) is 36.2 Å². The molecule has 0 radical (unpaired) electrons. The van der Waals surface area contributed by atoms with E-state index >= 15 is 0 Å². The van der Waals surface area contributed by atoms with E-state index in [1.165, 1.54) is 0 Å². The van der Waals surface area contributed by atoms with Crippen LogP contribution < -0.4 is 14.8 Å². The van der Waals surface area contributed by atoms with E-state index in [-0.39, 0.29) is 11.8 Å². The van der Waals surface area contributed by atoms with Gasteiger partial charge in [0.2, 0.25) is 17.6 Å². The summed E-state index contributed by atoms with van der Waals surface area (Å²) >= 11 is 6.02. The molecule has 1 aliphatic heterocycles. The lowest BCUT2D eigenvalue weighted by Gasteiger charge is -2.31. The van der Waals surface area contributed by atoms with Crippen LogP contribution in [-0.2, 0) is 11.3 Å². The number of benzene rings is 2. The Hall–Kier alpha value is -3.10. The first-order valence-electron chi connectivity index (χ1n) is 10.8. The van der Waals surface area contributed by atoms with Gasteiger partial charge in [-0.1, -0.05) is 16.8 Å². The highest BCUT2D eigenvalue weighted by molar-refractivity contribution is 6.30. The second kappa shape index (κ2) is 10.2. The molecule has 1 fully saturated rings. The monoisotopic (exact) mass is 470 g/mol. The molecule has 1 amide bonds. The number of ether oxygens (including phenoxy) is 2. The zero-order chi connectivity index (χ0) is 23.4. The van der Waals surface area contributed by atoms with Gasteiger partial charge >= 0.3 is 0 Å². The molecule has 1 aliphatic rings. The number of aryl methyl sites for hydroxylation is 1. The first-order chi connectivity index (χ1) is 16.0. The van der Waals surface area contributed by atoms with Crippen LogP contribution in [-0.4, -0.2) is 48.3 Å². The van der Waals surface area contributed by atoms with Gasteiger partial charge in [-0.05, 0) is 68.3 Å². The molecule has 174 valence electrons. The first kappa shape index (κ1) is 23.1. The van der Waals surface area contributed by atoms with Crippen LogP contribution in [0.15, 0.2) is 40.9 Å². The zero-order valence-electron chi connectivity index (χ0n) is 18.9. The lowest BCUT2D eigenvalue weighted by Crippen LogP contribution is -2.40. The number of aromatic nitrogens is 2. The highest BCUT2D eigenvalue weighted by Gasteiger charge is 2.27. The summed E-state index contributed by atoms with van der Waals surface area (Å²) in [7, 11) is 3.17. The van der Waals surface area contributed by atoms with E-state index in [1.807, 2.05) is 31.2 Å². The van der Waals surface area contributed by atoms with Crippen LogP contribution in [0.4, 0.5) is 5.69 Å². The van der Waals surface area contributed by atoms with Gasteiger partial charge in [-0.25, -0.2) is 0 Å². The van der Waals surface area contributed by atoms with Gasteiger partial charge < -0.3 is 19.3 Å². The molecule has 33 heavy (non-hydrogen) atoms. The Morgan fingerprint density at radius 2 is 2.03 bits per heavy atom. The largest absolute Gasteiger partial charge is 0.493 e. The Balaban J connectivity index is 1.39. The molecule has 4 rings (SSSR count). The normalized spacial score (nSPS) is 16.4. The Morgan fingerprint density at radius 3 is 2.79 bits per heavy atom. The van der Waals surface area contributed by atoms with Crippen molar-refractivity contribution in [3.8, 4) is 22.9 Å². The van der Waals surface area contributed by atoms with Crippen LogP contribution in [0.2, 0.25) is 5.02 Å². The van der Waals surface area contributed by atoms with Crippen molar-refractivity contribution >= 4 is 23.2 Å². The SMILES string of the molecule is COc1ccc(-c2noc(CN3CCC[C@@H](C(=O)Nc4ccc(Cl)cc4C)C3)n2)cc1OC. The molecule has 8 nitrogen and oxygen atoms in total. The van der Waals surface area contributed by atoms with Crippen LogP contribution in [0.5, 0.6) is 11.5 Å². The summed E-state index contributed by atoms with van der Waals surface area (Å²) in [5, 5.41) is 7.80. The summed E-state index contributed by atoms with van der Waals surface area (Å²) in [6.07, 6.45) is 1.77. The lowest BCUT2D eigenvalue weighted by atomic mass is 9.97. The molecule has 3 aromatic rings. The van der Waals surface area contributed by atoms with Crippen molar-refractivity contribution in [2.24, 2.45) is 5.92 Å². The van der Waals surface area contributed by atoms with Crippen molar-refractivity contribution in [2.75, 3.05) is 32.6 Å². The van der Waals surface area contributed by atoms with Gasteiger partial charge in [0, 0.05) is 22.8 Å². The summed E-state index contributed by atoms with van der Waals surface area (Å²) in [5.74, 6) is 2.13. The van der Waals surface area contributed by atoms with Crippen LogP contribution in [0.1, 0.15) is 24.3 Å². The number of carbonyl (C=O) groups excluding carboxylic acids is 1. The number of likely N-dealkylation sites (tertiary alicyclic amines) is 1. The fraction of sp³-hybridized carbons (Fsp3) is 0.375. The minimum absolute atomic E-state index is 0.0154. The van der Waals surface area contributed by atoms with E-state index in [4.69, 9.17) is 25.6 Å². The molecule has 0 spiro atoms. The topological polar surface area (TPSA) is 89.7 Å². The molecule has 1 atom stereocenters. The van der Waals surface area contributed by atoms with Crippen molar-refractivity contribution in [3.05, 3.63) is 52.9 Å². The van der Waals surface area contributed by atoms with Crippen LogP contribution in [0.3, 0.4) is 0 Å². The quantitative estimate of drug-likeness (QED) is 0.541. The maximum atomic E-state index is 12.9. The molecular weight excluding hydrogens is 444 g/mol. The van der Waals surface area contributed by atoms with Crippen molar-refractivity contribution in [1.29, 1.82) is 0 Å². The van der Waals surface area contributed by atoms with Gasteiger partial charge in [-0.3, -0.25) is 9.69 Å². The maximum Gasteiger partial charge on any atom is 0.241 e. The predicted octanol–water partition coefficient (Wildman–Crippen LogP) is 4.57. The van der Waals surface area contributed by atoms with E-state index in [1.54, 1.807) is 26.4 Å². The smallest absolute Gasteiger partial charge is 0.241 e. The Labute approximate surface area is 197 Å². The van der Waals surface area contributed by atoms with Crippen LogP contribution in [0, 0.1) is 12.8 Å². The van der Waals surface area contributed by atoms with Crippen molar-refractivity contribution < 1.29 is 18.8 Å². The fourth-order valence-electron chi connectivity index (χ4n) is 4.02. The molecule has 2 aromatic carbocycles. The number of halogens is 1. The van der Waals surface area contributed by atoms with Gasteiger partial charge in [0.1, 0.15) is 0 Å². The number of piperidine rings is 1. The number of hydrogen-bond acceptors (Lipinski definition) is 7. The molecule has 1 N–H and O–H groups in total. The third-order valence-corrected chi connectivity index (χ3v) is 6.03. The molecule has 0 aliphatic carbocycles. The number of hydrogen-bond donors (Lipinski definition) is 1. The van der Waals surface area contributed by atoms with Gasteiger partial charge in [-0.2, -0.15) is 4.98 Å². The minimum atomic E-state index is -0.109. The predicted molar refractivity (Wildman–Crippen MR) is 126 cm³/mol. The van der Waals surface area contributed by atoms with Crippen molar-refractivity contribution in [3.63, 3.8) is 0 Å². The number of rotatable bonds is 7. The summed E-state index contributed by atoms with van der Waals surface area (Å²) in [6.45, 7) is 3.93. The highest BCUT2D eigenvalue weighted by atomic mass is 35.5. The average Bonchev–Trinajstić information content (AvgIpc) is 3.29. The Bertz CT molecular complexity index is 1130. The van der Waals surface area contributed by atoms with E-state index in [9.17, 15) is 4.79 Å². The second-order valence-electron chi connectivity index (χ2n) is 8.10. The molecule has 0 unspecified atom stereocenters. The zero-order valence-corrected chi connectivity index (χ0v) is 19.7. The van der Waals surface area contributed by atoms with E-state index < -0.39 is 0 Å². The Morgan fingerprint density at radius 1 is 1.21 bits per heavy atom. The summed E-state index contributed by atoms with van der Waals surface area (Å²) in [5.41, 5.74) is 2.51. The van der Waals surface area contributed by atoms with Crippen molar-refractivity contribution in [1.82, 2.24) is 15.0 Å². The number of carbonyl (C=O) groups is 1. The molecule has 1 aromatic heterocycles. The first-order valence-corrected chi connectivity index (χ1v) is 11.2. The number of nitrogens with zero attached hydrogens (tertiary/aromatic N) is 3. The lowest BCUT2D eigenvalue weighted by molar-refractivity contribution is -0.121. The molecular formula is C24H27ClN4O4. The van der Waals surface area contributed by atoms with E-state index in [0.29, 0.717) is 41.3 Å². The van der Waals surface area contributed by atoms with Gasteiger partial charge in [0.15, 0.2) is 11.5 Å². The summed E-state index contributed by atoms with van der Waals surface area (Å²) in [6, 6.07) is 10.9. The number of methoxy groups -OCH3 is 2. The fourth-order valence-corrected chi connectivity index (χ4v) is 4.24. The average molecular weight is 471 g/mol. The van der Waals surface area contributed by atoms with Gasteiger partial charge in [-0.15, -0.1) is 0 Å². The number of nitrogens with one attached hydrogen (secondary N) is 1. The summed E-state index contributed by atoms with van der Waals surface area (Å²) < 4.78 is 16.1. The summed E-state index contributed by atoms with van der Waals surface area (Å²) in [4.78, 5) is 19.6. The standard InChI is InChI=1S/C24H27ClN4O4/c1-15-11-18(25)7-8-19(15)26-24(30)17-5-4-10-29(13-17)14-22-27-23(28-33-22)16-6-9-20(31-2)21(12-16)32-3/h6-9,11-12,17H,4-5,10,13-14H2,1-3H3,(H,26,30)/t17-/m1/s1. The molecule has 9 heteroatoms. The number of amides is 1. The van der Waals surface area contributed by atoms with Crippen LogP contribution in [0.25, 0.3) is 11.4 Å².